The van der Waals surface area contributed by atoms with Gasteiger partial charge < -0.3 is 13.7 Å². The molecule has 0 bridgehead atoms. The second kappa shape index (κ2) is 7.98. The summed E-state index contributed by atoms with van der Waals surface area (Å²) in [5.41, 5.74) is 8.47. The zero-order chi connectivity index (χ0) is 19.5. The first-order valence-electron chi connectivity index (χ1n) is 9.01. The highest BCUT2D eigenvalue weighted by Crippen LogP contribution is 2.24. The van der Waals surface area contributed by atoms with Crippen molar-refractivity contribution in [3.63, 3.8) is 0 Å². The van der Waals surface area contributed by atoms with Crippen LogP contribution in [-0.4, -0.2) is 28.3 Å². The molecule has 0 fully saturated rings. The van der Waals surface area contributed by atoms with Crippen molar-refractivity contribution < 1.29 is 9.15 Å². The summed E-state index contributed by atoms with van der Waals surface area (Å²) < 4.78 is 13.0. The molecule has 0 atom stereocenters. The maximum atomic E-state index is 5.50. The molecule has 6 nitrogen and oxygen atoms in total. The molecule has 1 aliphatic rings. The van der Waals surface area contributed by atoms with Crippen LogP contribution in [0.15, 0.2) is 63.2 Å². The van der Waals surface area contributed by atoms with Crippen molar-refractivity contribution in [2.45, 2.75) is 20.4 Å². The lowest BCUT2D eigenvalue weighted by atomic mass is 10.1. The van der Waals surface area contributed by atoms with E-state index in [4.69, 9.17) is 9.15 Å². The standard InChI is InChI=1S/C21H22N4O2S/c1-14-10-19(15(2)25(14)12-18-8-5-9-27-18)20-13-28-21(24-23-20)22-16-6-4-7-17(11-16)26-3/h4-11H,12-13H2,1-3H3,(H,22,24). The average molecular weight is 395 g/mol. The number of methoxy groups -OCH3 is 1. The van der Waals surface area contributed by atoms with E-state index in [9.17, 15) is 0 Å². The summed E-state index contributed by atoms with van der Waals surface area (Å²) >= 11 is 1.64. The number of furan rings is 1. The van der Waals surface area contributed by atoms with E-state index in [2.05, 4.69) is 40.0 Å². The minimum Gasteiger partial charge on any atom is -0.497 e. The summed E-state index contributed by atoms with van der Waals surface area (Å²) in [4.78, 5) is 4.61. The fraction of sp³-hybridized carbons (Fsp3) is 0.238. The molecule has 1 N–H and O–H groups in total. The molecule has 0 saturated carbocycles. The number of hydrazone groups is 1. The number of thioether (sulfide) groups is 1. The second-order valence-electron chi connectivity index (χ2n) is 6.53. The molecule has 7 heteroatoms. The predicted octanol–water partition coefficient (Wildman–Crippen LogP) is 4.48. The Balaban J connectivity index is 1.53. The number of aliphatic imine (C=N–C) groups is 1. The third-order valence-electron chi connectivity index (χ3n) is 4.69. The molecule has 144 valence electrons. The summed E-state index contributed by atoms with van der Waals surface area (Å²) in [6.07, 6.45) is 1.71. The number of nitrogens with zero attached hydrogens (tertiary/aromatic N) is 3. The van der Waals surface area contributed by atoms with Gasteiger partial charge in [-0.25, -0.2) is 4.99 Å². The Morgan fingerprint density at radius 2 is 2.14 bits per heavy atom. The number of rotatable bonds is 5. The first kappa shape index (κ1) is 18.4. The van der Waals surface area contributed by atoms with Gasteiger partial charge in [-0.3, -0.25) is 5.43 Å². The molecule has 0 spiro atoms. The Labute approximate surface area is 168 Å². The molecule has 0 unspecified atom stereocenters. The molecule has 3 heterocycles. The van der Waals surface area contributed by atoms with Crippen molar-refractivity contribution in [2.24, 2.45) is 10.1 Å². The van der Waals surface area contributed by atoms with E-state index in [0.29, 0.717) is 0 Å². The van der Waals surface area contributed by atoms with Crippen LogP contribution in [0.5, 0.6) is 5.75 Å². The van der Waals surface area contributed by atoms with E-state index < -0.39 is 0 Å². The van der Waals surface area contributed by atoms with Gasteiger partial charge in [-0.2, -0.15) is 5.10 Å². The maximum absolute atomic E-state index is 5.50. The molecular formula is C21H22N4O2S. The normalized spacial score (nSPS) is 15.4. The van der Waals surface area contributed by atoms with Crippen molar-refractivity contribution in [3.8, 4) is 5.75 Å². The van der Waals surface area contributed by atoms with Crippen LogP contribution in [0.4, 0.5) is 5.69 Å². The smallest absolute Gasteiger partial charge is 0.182 e. The molecule has 2 aromatic heterocycles. The van der Waals surface area contributed by atoms with Crippen LogP contribution in [0.2, 0.25) is 0 Å². The quantitative estimate of drug-likeness (QED) is 0.693. The van der Waals surface area contributed by atoms with Crippen molar-refractivity contribution in [1.82, 2.24) is 9.99 Å². The molecular weight excluding hydrogens is 372 g/mol. The van der Waals surface area contributed by atoms with Crippen molar-refractivity contribution in [3.05, 3.63) is 71.4 Å². The number of amidine groups is 1. The Morgan fingerprint density at radius 1 is 1.25 bits per heavy atom. The molecule has 3 aromatic rings. The van der Waals surface area contributed by atoms with E-state index in [1.54, 1.807) is 25.1 Å². The van der Waals surface area contributed by atoms with Gasteiger partial charge >= 0.3 is 0 Å². The topological polar surface area (TPSA) is 64.0 Å². The number of hydrogen-bond donors (Lipinski definition) is 1. The fourth-order valence-electron chi connectivity index (χ4n) is 3.20. The third kappa shape index (κ3) is 3.84. The van der Waals surface area contributed by atoms with Crippen molar-refractivity contribution >= 4 is 28.3 Å². The van der Waals surface area contributed by atoms with Crippen molar-refractivity contribution in [2.75, 3.05) is 12.9 Å². The Hall–Kier alpha value is -2.93. The van der Waals surface area contributed by atoms with E-state index in [-0.39, 0.29) is 0 Å². The zero-order valence-electron chi connectivity index (χ0n) is 16.1. The number of nitrogens with one attached hydrogen (secondary N) is 1. The Morgan fingerprint density at radius 3 is 2.86 bits per heavy atom. The monoisotopic (exact) mass is 394 g/mol. The van der Waals surface area contributed by atoms with Gasteiger partial charge in [-0.1, -0.05) is 17.8 Å². The van der Waals surface area contributed by atoms with Crippen LogP contribution >= 0.6 is 11.8 Å². The zero-order valence-corrected chi connectivity index (χ0v) is 16.9. The van der Waals surface area contributed by atoms with E-state index >= 15 is 0 Å². The first-order chi connectivity index (χ1) is 13.6. The number of hydrogen-bond acceptors (Lipinski definition) is 5. The van der Waals surface area contributed by atoms with Gasteiger partial charge in [0.2, 0.25) is 0 Å². The molecule has 1 aliphatic heterocycles. The summed E-state index contributed by atoms with van der Waals surface area (Å²) in [5.74, 6) is 2.50. The molecule has 0 aliphatic carbocycles. The van der Waals surface area contributed by atoms with Crippen LogP contribution in [0.1, 0.15) is 22.7 Å². The number of aromatic nitrogens is 1. The minimum atomic E-state index is 0.723. The van der Waals surface area contributed by atoms with Crippen LogP contribution in [0, 0.1) is 13.8 Å². The summed E-state index contributed by atoms with van der Waals surface area (Å²) in [7, 11) is 1.65. The van der Waals surface area contributed by atoms with Crippen LogP contribution < -0.4 is 10.2 Å². The molecule has 0 amide bonds. The lowest BCUT2D eigenvalue weighted by Gasteiger charge is -2.15. The van der Waals surface area contributed by atoms with E-state index in [1.807, 2.05) is 36.4 Å². The Kier molecular flexibility index (Phi) is 5.25. The summed E-state index contributed by atoms with van der Waals surface area (Å²) in [6.45, 7) is 4.96. The molecule has 0 saturated heterocycles. The van der Waals surface area contributed by atoms with Gasteiger partial charge in [-0.15, -0.1) is 0 Å². The lowest BCUT2D eigenvalue weighted by Crippen LogP contribution is -2.25. The van der Waals surface area contributed by atoms with Crippen molar-refractivity contribution in [1.29, 1.82) is 0 Å². The number of ether oxygens (including phenoxy) is 1. The van der Waals surface area contributed by atoms with E-state index in [0.717, 1.165) is 45.9 Å². The van der Waals surface area contributed by atoms with Gasteiger partial charge in [0.25, 0.3) is 0 Å². The molecule has 0 radical (unpaired) electrons. The third-order valence-corrected chi connectivity index (χ3v) is 5.57. The second-order valence-corrected chi connectivity index (χ2v) is 7.49. The van der Waals surface area contributed by atoms with Gasteiger partial charge in [0, 0.05) is 28.8 Å². The lowest BCUT2D eigenvalue weighted by molar-refractivity contribution is 0.415. The minimum absolute atomic E-state index is 0.723. The van der Waals surface area contributed by atoms with Crippen LogP contribution in [0.25, 0.3) is 0 Å². The number of aryl methyl sites for hydroxylation is 1. The van der Waals surface area contributed by atoms with Gasteiger partial charge in [0.05, 0.1) is 31.3 Å². The largest absolute Gasteiger partial charge is 0.497 e. The maximum Gasteiger partial charge on any atom is 0.182 e. The van der Waals surface area contributed by atoms with E-state index in [1.165, 1.54) is 11.4 Å². The highest BCUT2D eigenvalue weighted by Gasteiger charge is 2.19. The van der Waals surface area contributed by atoms with Gasteiger partial charge in [0.1, 0.15) is 11.5 Å². The SMILES string of the molecule is COc1cccc(N=C2NN=C(c3cc(C)n(Cc4ccco4)c3C)CS2)c1. The number of benzene rings is 1. The molecule has 1 aromatic carbocycles. The summed E-state index contributed by atoms with van der Waals surface area (Å²) in [5, 5.41) is 5.36. The summed E-state index contributed by atoms with van der Waals surface area (Å²) in [6, 6.07) is 13.8. The van der Waals surface area contributed by atoms with Crippen LogP contribution in [-0.2, 0) is 6.54 Å². The fourth-order valence-corrected chi connectivity index (χ4v) is 3.98. The van der Waals surface area contributed by atoms with Gasteiger partial charge in [0.15, 0.2) is 5.17 Å². The van der Waals surface area contributed by atoms with Crippen LogP contribution in [0.3, 0.4) is 0 Å². The molecule has 4 rings (SSSR count). The average Bonchev–Trinajstić information content (AvgIpc) is 3.33. The first-order valence-corrected chi connectivity index (χ1v) is 10.00. The predicted molar refractivity (Wildman–Crippen MR) is 114 cm³/mol. The Bertz CT molecular complexity index is 1030. The van der Waals surface area contributed by atoms with Gasteiger partial charge in [-0.05, 0) is 44.2 Å². The highest BCUT2D eigenvalue weighted by molar-refractivity contribution is 8.14. The highest BCUT2D eigenvalue weighted by atomic mass is 32.2. The molecule has 28 heavy (non-hydrogen) atoms.